The number of aliphatic carboxylic acids is 1. The lowest BCUT2D eigenvalue weighted by atomic mass is 10.0. The quantitative estimate of drug-likeness (QED) is 0.0628. The van der Waals surface area contributed by atoms with Crippen molar-refractivity contribution in [2.45, 2.75) is 194 Å². The average Bonchev–Trinajstić information content (AvgIpc) is 2.93. The average molecular weight is 582 g/mol. The highest BCUT2D eigenvalue weighted by Crippen LogP contribution is 2.15. The maximum Gasteiger partial charge on any atom is 0.326 e. The maximum absolute atomic E-state index is 12.2. The van der Waals surface area contributed by atoms with E-state index in [-0.39, 0.29) is 12.3 Å². The second kappa shape index (κ2) is 29.9. The van der Waals surface area contributed by atoms with E-state index in [4.69, 9.17) is 4.74 Å². The van der Waals surface area contributed by atoms with Gasteiger partial charge in [-0.05, 0) is 18.8 Å². The predicted molar refractivity (Wildman–Crippen MR) is 171 cm³/mol. The summed E-state index contributed by atoms with van der Waals surface area (Å²) in [6.07, 6.45) is 29.5. The molecule has 2 N–H and O–H groups in total. The molecule has 1 atom stereocenters. The molecular weight excluding hydrogens is 514 g/mol. The van der Waals surface area contributed by atoms with E-state index in [9.17, 15) is 19.5 Å². The van der Waals surface area contributed by atoms with Crippen molar-refractivity contribution in [1.82, 2.24) is 5.32 Å². The van der Waals surface area contributed by atoms with Crippen LogP contribution in [-0.2, 0) is 19.1 Å². The van der Waals surface area contributed by atoms with Crippen LogP contribution < -0.4 is 5.32 Å². The summed E-state index contributed by atoms with van der Waals surface area (Å²) >= 11 is 0. The first-order chi connectivity index (χ1) is 19.9. The highest BCUT2D eigenvalue weighted by molar-refractivity contribution is 5.87. The Kier molecular flexibility index (Phi) is 28.7. The van der Waals surface area contributed by atoms with Gasteiger partial charge >= 0.3 is 11.9 Å². The first-order valence-corrected chi connectivity index (χ1v) is 17.5. The van der Waals surface area contributed by atoms with Crippen molar-refractivity contribution in [3.8, 4) is 0 Å². The third-order valence-electron chi connectivity index (χ3n) is 7.95. The van der Waals surface area contributed by atoms with Gasteiger partial charge in [-0.15, -0.1) is 0 Å². The number of amides is 1. The van der Waals surface area contributed by atoms with Gasteiger partial charge in [-0.2, -0.15) is 0 Å². The summed E-state index contributed by atoms with van der Waals surface area (Å²) in [5.74, 6) is -1.26. The summed E-state index contributed by atoms with van der Waals surface area (Å²) in [7, 11) is 0. The molecule has 41 heavy (non-hydrogen) atoms. The molecule has 0 aliphatic rings. The number of carbonyl (C=O) groups excluding carboxylic acids is 2. The second-order valence-electron chi connectivity index (χ2n) is 12.6. The monoisotopic (exact) mass is 582 g/mol. The first kappa shape index (κ1) is 39.4. The molecule has 0 saturated carbocycles. The van der Waals surface area contributed by atoms with Gasteiger partial charge in [-0.25, -0.2) is 4.79 Å². The van der Waals surface area contributed by atoms with E-state index in [2.05, 4.69) is 26.1 Å². The summed E-state index contributed by atoms with van der Waals surface area (Å²) in [5, 5.41) is 11.9. The summed E-state index contributed by atoms with van der Waals surface area (Å²) in [4.78, 5) is 35.9. The van der Waals surface area contributed by atoms with Crippen LogP contribution in [0.25, 0.3) is 0 Å². The normalized spacial score (nSPS) is 12.0. The molecule has 0 aromatic carbocycles. The van der Waals surface area contributed by atoms with Gasteiger partial charge in [0.1, 0.15) is 6.04 Å². The van der Waals surface area contributed by atoms with Crippen LogP contribution in [0, 0.1) is 5.92 Å². The van der Waals surface area contributed by atoms with Crippen molar-refractivity contribution in [1.29, 1.82) is 0 Å². The van der Waals surface area contributed by atoms with Crippen molar-refractivity contribution in [2.24, 2.45) is 5.92 Å². The van der Waals surface area contributed by atoms with Crippen LogP contribution in [-0.4, -0.2) is 35.6 Å². The molecule has 0 heterocycles. The van der Waals surface area contributed by atoms with E-state index >= 15 is 0 Å². The van der Waals surface area contributed by atoms with Crippen LogP contribution in [0.4, 0.5) is 0 Å². The van der Waals surface area contributed by atoms with Crippen LogP contribution in [0.3, 0.4) is 0 Å². The molecule has 0 radical (unpaired) electrons. The number of esters is 1. The van der Waals surface area contributed by atoms with Crippen molar-refractivity contribution in [2.75, 3.05) is 6.61 Å². The minimum atomic E-state index is -1.22. The minimum absolute atomic E-state index is 0.300. The summed E-state index contributed by atoms with van der Waals surface area (Å²) < 4.78 is 5.22. The highest BCUT2D eigenvalue weighted by atomic mass is 16.5. The van der Waals surface area contributed by atoms with Gasteiger partial charge in [-0.1, -0.05) is 162 Å². The number of carbonyl (C=O) groups is 3. The Morgan fingerprint density at radius 1 is 0.610 bits per heavy atom. The topological polar surface area (TPSA) is 92.7 Å². The Morgan fingerprint density at radius 3 is 1.46 bits per heavy atom. The van der Waals surface area contributed by atoms with Gasteiger partial charge in [-0.3, -0.25) is 9.59 Å². The molecule has 0 bridgehead atoms. The molecule has 0 aliphatic heterocycles. The standard InChI is InChI=1S/C35H67NO5/c1-4-5-6-7-8-9-10-11-12-13-14-15-19-22-25-28-33(37)36-32(35(39)40)30-34(38)41-29-26-23-20-17-16-18-21-24-27-31(2)3/h31-32H,4-30H2,1-3H3,(H,36,37)(H,39,40)/t32-/m0/s1. The predicted octanol–water partition coefficient (Wildman–Crippen LogP) is 9.92. The van der Waals surface area contributed by atoms with E-state index in [0.29, 0.717) is 13.0 Å². The molecule has 0 aromatic rings. The van der Waals surface area contributed by atoms with Crippen LogP contribution in [0.15, 0.2) is 0 Å². The smallest absolute Gasteiger partial charge is 0.326 e. The molecule has 6 nitrogen and oxygen atoms in total. The van der Waals surface area contributed by atoms with Gasteiger partial charge in [0.15, 0.2) is 0 Å². The van der Waals surface area contributed by atoms with Crippen molar-refractivity contribution < 1.29 is 24.2 Å². The highest BCUT2D eigenvalue weighted by Gasteiger charge is 2.23. The van der Waals surface area contributed by atoms with Crippen LogP contribution in [0.2, 0.25) is 0 Å². The molecule has 0 spiro atoms. The summed E-state index contributed by atoms with van der Waals surface area (Å²) in [6.45, 7) is 7.11. The minimum Gasteiger partial charge on any atom is -0.480 e. The molecule has 0 rings (SSSR count). The lowest BCUT2D eigenvalue weighted by Gasteiger charge is -2.14. The molecule has 6 heteroatoms. The van der Waals surface area contributed by atoms with Gasteiger partial charge in [0.05, 0.1) is 13.0 Å². The molecule has 0 aromatic heterocycles. The van der Waals surface area contributed by atoms with Crippen LogP contribution >= 0.6 is 0 Å². The Bertz CT molecular complexity index is 622. The Hall–Kier alpha value is -1.59. The van der Waals surface area contributed by atoms with E-state index in [1.165, 1.54) is 116 Å². The Morgan fingerprint density at radius 2 is 1.02 bits per heavy atom. The third-order valence-corrected chi connectivity index (χ3v) is 7.95. The number of hydrogen-bond donors (Lipinski definition) is 2. The van der Waals surface area contributed by atoms with Gasteiger partial charge < -0.3 is 15.2 Å². The number of nitrogens with one attached hydrogen (secondary N) is 1. The van der Waals surface area contributed by atoms with E-state index in [1.54, 1.807) is 0 Å². The van der Waals surface area contributed by atoms with E-state index in [0.717, 1.165) is 44.4 Å². The number of carboxylic acids is 1. The van der Waals surface area contributed by atoms with E-state index < -0.39 is 18.0 Å². The maximum atomic E-state index is 12.2. The van der Waals surface area contributed by atoms with Crippen LogP contribution in [0.1, 0.15) is 188 Å². The first-order valence-electron chi connectivity index (χ1n) is 17.5. The van der Waals surface area contributed by atoms with Crippen molar-refractivity contribution >= 4 is 17.8 Å². The molecule has 1 amide bonds. The lowest BCUT2D eigenvalue weighted by Crippen LogP contribution is -2.42. The number of rotatable bonds is 31. The number of carboxylic acid groups (broad SMARTS) is 1. The Balaban J connectivity index is 3.67. The fourth-order valence-corrected chi connectivity index (χ4v) is 5.25. The molecule has 0 fully saturated rings. The van der Waals surface area contributed by atoms with Crippen molar-refractivity contribution in [3.63, 3.8) is 0 Å². The lowest BCUT2D eigenvalue weighted by molar-refractivity contribution is -0.150. The zero-order valence-electron chi connectivity index (χ0n) is 27.3. The zero-order chi connectivity index (χ0) is 30.4. The molecular formula is C35H67NO5. The second-order valence-corrected chi connectivity index (χ2v) is 12.6. The van der Waals surface area contributed by atoms with Gasteiger partial charge in [0.25, 0.3) is 0 Å². The molecule has 0 saturated heterocycles. The number of unbranched alkanes of at least 4 members (excludes halogenated alkanes) is 21. The SMILES string of the molecule is CCCCCCCCCCCCCCCCCC(=O)N[C@@H](CC(=O)OCCCCCCCCCCC(C)C)C(=O)O. The largest absolute Gasteiger partial charge is 0.480 e. The molecule has 242 valence electrons. The van der Waals surface area contributed by atoms with Crippen molar-refractivity contribution in [3.05, 3.63) is 0 Å². The van der Waals surface area contributed by atoms with Crippen LogP contribution in [0.5, 0.6) is 0 Å². The fourth-order valence-electron chi connectivity index (χ4n) is 5.25. The van der Waals surface area contributed by atoms with Gasteiger partial charge in [0, 0.05) is 6.42 Å². The Labute approximate surface area is 253 Å². The number of ether oxygens (including phenoxy) is 1. The number of hydrogen-bond acceptors (Lipinski definition) is 4. The third kappa shape index (κ3) is 29.7. The van der Waals surface area contributed by atoms with E-state index in [1.807, 2.05) is 0 Å². The molecule has 0 unspecified atom stereocenters. The molecule has 0 aliphatic carbocycles. The fraction of sp³-hybridized carbons (Fsp3) is 0.914. The van der Waals surface area contributed by atoms with Gasteiger partial charge in [0.2, 0.25) is 5.91 Å². The zero-order valence-corrected chi connectivity index (χ0v) is 27.3. The summed E-state index contributed by atoms with van der Waals surface area (Å²) in [6, 6.07) is -1.22. The summed E-state index contributed by atoms with van der Waals surface area (Å²) in [5.41, 5.74) is 0.